The zero-order valence-corrected chi connectivity index (χ0v) is 15.7. The fraction of sp³-hybridized carbons (Fsp3) is 0.118. The van der Waals surface area contributed by atoms with Gasteiger partial charge in [-0.1, -0.05) is 39.7 Å². The van der Waals surface area contributed by atoms with Crippen molar-refractivity contribution in [2.45, 2.75) is 13.2 Å². The van der Waals surface area contributed by atoms with Gasteiger partial charge in [0.25, 0.3) is 5.91 Å². The lowest BCUT2D eigenvalue weighted by Gasteiger charge is -2.09. The summed E-state index contributed by atoms with van der Waals surface area (Å²) in [5.74, 6) is -2.55. The highest BCUT2D eigenvalue weighted by Gasteiger charge is 2.15. The first kappa shape index (κ1) is 19.9. The van der Waals surface area contributed by atoms with Gasteiger partial charge in [0.1, 0.15) is 6.67 Å². The number of halogens is 3. The number of nitrogens with one attached hydrogen (secondary N) is 3. The minimum Gasteiger partial charge on any atom is -0.344 e. The highest BCUT2D eigenvalue weighted by atomic mass is 79.9. The number of amides is 3. The van der Waals surface area contributed by atoms with Gasteiger partial charge in [-0.2, -0.15) is 0 Å². The average Bonchev–Trinajstić information content (AvgIpc) is 2.64. The first-order chi connectivity index (χ1) is 12.4. The molecule has 0 radical (unpaired) electrons. The zero-order valence-electron chi connectivity index (χ0n) is 13.3. The summed E-state index contributed by atoms with van der Waals surface area (Å²) in [5.41, 5.74) is 5.35. The summed E-state index contributed by atoms with van der Waals surface area (Å²) in [6.45, 7) is -0.723. The molecule has 6 nitrogen and oxygen atoms in total. The lowest BCUT2D eigenvalue weighted by molar-refractivity contribution is -0.139. The van der Waals surface area contributed by atoms with Crippen molar-refractivity contribution >= 4 is 45.3 Å². The van der Waals surface area contributed by atoms with E-state index in [1.807, 2.05) is 5.43 Å². The summed E-state index contributed by atoms with van der Waals surface area (Å²) in [4.78, 5) is 35.4. The van der Waals surface area contributed by atoms with Gasteiger partial charge in [-0.15, -0.1) is 0 Å². The van der Waals surface area contributed by atoms with Gasteiger partial charge in [-0.05, 0) is 35.9 Å². The van der Waals surface area contributed by atoms with E-state index in [1.54, 1.807) is 30.3 Å². The van der Waals surface area contributed by atoms with Crippen LogP contribution in [0.4, 0.5) is 4.39 Å². The van der Waals surface area contributed by atoms with Gasteiger partial charge in [0.15, 0.2) is 0 Å². The second-order valence-corrected chi connectivity index (χ2v) is 6.48. The lowest BCUT2D eigenvalue weighted by Crippen LogP contribution is -2.48. The van der Waals surface area contributed by atoms with E-state index in [4.69, 9.17) is 11.6 Å². The molecule has 3 N–H and O–H groups in total. The fourth-order valence-electron chi connectivity index (χ4n) is 1.98. The van der Waals surface area contributed by atoms with E-state index >= 15 is 0 Å². The first-order valence-corrected chi connectivity index (χ1v) is 8.55. The third kappa shape index (κ3) is 5.53. The third-order valence-corrected chi connectivity index (χ3v) is 4.15. The van der Waals surface area contributed by atoms with Crippen LogP contribution >= 0.6 is 27.5 Å². The molecule has 3 amide bonds. The molecule has 9 heteroatoms. The van der Waals surface area contributed by atoms with E-state index in [9.17, 15) is 18.8 Å². The number of carbonyl (C=O) groups excluding carboxylic acids is 3. The Kier molecular flexibility index (Phi) is 7.11. The summed E-state index contributed by atoms with van der Waals surface area (Å²) in [6, 6.07) is 11.1. The van der Waals surface area contributed by atoms with Crippen molar-refractivity contribution in [2.24, 2.45) is 0 Å². The molecular weight excluding hydrogens is 429 g/mol. The number of carbonyl (C=O) groups is 3. The Morgan fingerprint density at radius 2 is 1.81 bits per heavy atom. The van der Waals surface area contributed by atoms with Crippen molar-refractivity contribution in [3.05, 3.63) is 68.7 Å². The van der Waals surface area contributed by atoms with Crippen LogP contribution in [0.25, 0.3) is 0 Å². The number of hydrazine groups is 1. The molecule has 136 valence electrons. The van der Waals surface area contributed by atoms with Crippen LogP contribution in [0.3, 0.4) is 0 Å². The normalized spacial score (nSPS) is 10.1. The average molecular weight is 443 g/mol. The summed E-state index contributed by atoms with van der Waals surface area (Å²) >= 11 is 9.03. The van der Waals surface area contributed by atoms with Gasteiger partial charge in [0, 0.05) is 27.2 Å². The maximum atomic E-state index is 12.8. The second kappa shape index (κ2) is 9.30. The minimum atomic E-state index is -1.03. The van der Waals surface area contributed by atoms with Crippen LogP contribution in [-0.4, -0.2) is 17.7 Å². The van der Waals surface area contributed by atoms with Gasteiger partial charge < -0.3 is 5.32 Å². The summed E-state index contributed by atoms with van der Waals surface area (Å²) < 4.78 is 13.5. The lowest BCUT2D eigenvalue weighted by atomic mass is 10.1. The van der Waals surface area contributed by atoms with Crippen LogP contribution in [0.1, 0.15) is 21.5 Å². The van der Waals surface area contributed by atoms with Crippen molar-refractivity contribution in [3.63, 3.8) is 0 Å². The van der Waals surface area contributed by atoms with Crippen LogP contribution in [0.5, 0.6) is 0 Å². The molecule has 0 aliphatic heterocycles. The highest BCUT2D eigenvalue weighted by Crippen LogP contribution is 2.18. The largest absolute Gasteiger partial charge is 0.344 e. The van der Waals surface area contributed by atoms with Crippen LogP contribution < -0.4 is 16.2 Å². The van der Waals surface area contributed by atoms with Crippen LogP contribution in [0, 0.1) is 0 Å². The van der Waals surface area contributed by atoms with Crippen molar-refractivity contribution in [3.8, 4) is 0 Å². The van der Waals surface area contributed by atoms with Crippen molar-refractivity contribution in [1.82, 2.24) is 16.2 Å². The summed E-state index contributed by atoms with van der Waals surface area (Å²) in [6.07, 6.45) is 0. The molecule has 2 aromatic carbocycles. The predicted molar refractivity (Wildman–Crippen MR) is 97.9 cm³/mol. The maximum Gasteiger partial charge on any atom is 0.327 e. The number of hydrogen-bond acceptors (Lipinski definition) is 3. The molecule has 0 unspecified atom stereocenters. The second-order valence-electron chi connectivity index (χ2n) is 5.16. The monoisotopic (exact) mass is 441 g/mol. The Bertz CT molecular complexity index is 848. The molecular formula is C17H14BrClFN3O3. The van der Waals surface area contributed by atoms with E-state index in [0.29, 0.717) is 21.2 Å². The van der Waals surface area contributed by atoms with Gasteiger partial charge >= 0.3 is 11.8 Å². The van der Waals surface area contributed by atoms with E-state index in [-0.39, 0.29) is 11.6 Å². The first-order valence-electron chi connectivity index (χ1n) is 7.38. The number of benzene rings is 2. The van der Waals surface area contributed by atoms with Gasteiger partial charge in [-0.3, -0.25) is 25.2 Å². The molecule has 0 spiro atoms. The Labute approximate surface area is 162 Å². The molecule has 26 heavy (non-hydrogen) atoms. The Morgan fingerprint density at radius 3 is 2.50 bits per heavy atom. The van der Waals surface area contributed by atoms with E-state index in [2.05, 4.69) is 26.7 Å². The molecule has 0 aromatic heterocycles. The molecule has 0 saturated heterocycles. The van der Waals surface area contributed by atoms with Crippen LogP contribution in [0.2, 0.25) is 5.02 Å². The van der Waals surface area contributed by atoms with Crippen LogP contribution in [0.15, 0.2) is 46.9 Å². The molecule has 0 bridgehead atoms. The van der Waals surface area contributed by atoms with E-state index < -0.39 is 24.4 Å². The minimum absolute atomic E-state index is 0.00992. The molecule has 0 saturated carbocycles. The Balaban J connectivity index is 1.84. The number of hydrogen-bond donors (Lipinski definition) is 3. The van der Waals surface area contributed by atoms with Crippen molar-refractivity contribution in [1.29, 1.82) is 0 Å². The van der Waals surface area contributed by atoms with E-state index in [0.717, 1.165) is 0 Å². The Hall–Kier alpha value is -2.45. The maximum absolute atomic E-state index is 12.8. The fourth-order valence-corrected chi connectivity index (χ4v) is 2.54. The topological polar surface area (TPSA) is 87.3 Å². The SMILES string of the molecule is O=C(NCc1ccc(Cl)c(CF)c1)C(=O)NNC(=O)c1cccc(Br)c1. The molecule has 0 atom stereocenters. The van der Waals surface area contributed by atoms with Crippen LogP contribution in [-0.2, 0) is 22.8 Å². The third-order valence-electron chi connectivity index (χ3n) is 3.29. The summed E-state index contributed by atoms with van der Waals surface area (Å²) in [5, 5.41) is 2.65. The highest BCUT2D eigenvalue weighted by molar-refractivity contribution is 9.10. The molecule has 0 heterocycles. The van der Waals surface area contributed by atoms with Gasteiger partial charge in [0.05, 0.1) is 0 Å². The zero-order chi connectivity index (χ0) is 19.1. The number of alkyl halides is 1. The van der Waals surface area contributed by atoms with Crippen molar-refractivity contribution < 1.29 is 18.8 Å². The standard InChI is InChI=1S/C17H14BrClFN3O3/c18-13-3-1-2-11(7-13)15(24)22-23-17(26)16(25)21-9-10-4-5-14(19)12(6-10)8-20/h1-7H,8-9H2,(H,21,25)(H,22,24)(H,23,26). The molecule has 0 aliphatic carbocycles. The molecule has 0 aliphatic rings. The predicted octanol–water partition coefficient (Wildman–Crippen LogP) is 2.65. The van der Waals surface area contributed by atoms with Gasteiger partial charge in [0.2, 0.25) is 0 Å². The van der Waals surface area contributed by atoms with E-state index in [1.165, 1.54) is 12.1 Å². The van der Waals surface area contributed by atoms with Crippen molar-refractivity contribution in [2.75, 3.05) is 0 Å². The molecule has 2 aromatic rings. The van der Waals surface area contributed by atoms with Gasteiger partial charge in [-0.25, -0.2) is 4.39 Å². The smallest absolute Gasteiger partial charge is 0.327 e. The Morgan fingerprint density at radius 1 is 1.04 bits per heavy atom. The number of rotatable bonds is 4. The molecule has 2 rings (SSSR count). The summed E-state index contributed by atoms with van der Waals surface area (Å²) in [7, 11) is 0. The molecule has 0 fully saturated rings. The quantitative estimate of drug-likeness (QED) is 0.502.